The highest BCUT2D eigenvalue weighted by Crippen LogP contribution is 2.19. The van der Waals surface area contributed by atoms with E-state index in [0.717, 1.165) is 0 Å². The van der Waals surface area contributed by atoms with Crippen molar-refractivity contribution in [2.24, 2.45) is 11.0 Å². The van der Waals surface area contributed by atoms with Crippen molar-refractivity contribution in [1.82, 2.24) is 5.32 Å². The number of nitrogens with zero attached hydrogens (tertiary/aromatic N) is 3. The van der Waals surface area contributed by atoms with Crippen LogP contribution in [0.1, 0.15) is 41.5 Å². The summed E-state index contributed by atoms with van der Waals surface area (Å²) in [5, 5.41) is 16.3. The van der Waals surface area contributed by atoms with Crippen LogP contribution in [0.3, 0.4) is 0 Å². The van der Waals surface area contributed by atoms with Gasteiger partial charge in [-0.1, -0.05) is 19.0 Å². The fourth-order valence-corrected chi connectivity index (χ4v) is 1.75. The van der Waals surface area contributed by atoms with E-state index in [1.165, 1.54) is 6.92 Å². The number of rotatable bonds is 5. The van der Waals surface area contributed by atoms with E-state index in [-0.39, 0.29) is 12.5 Å². The van der Waals surface area contributed by atoms with Crippen molar-refractivity contribution in [2.45, 2.75) is 58.8 Å². The van der Waals surface area contributed by atoms with Gasteiger partial charge in [-0.05, 0) is 39.1 Å². The number of amides is 1. The van der Waals surface area contributed by atoms with E-state index in [2.05, 4.69) is 15.3 Å². The maximum Gasteiger partial charge on any atom is 0.407 e. The Morgan fingerprint density at radius 3 is 2.32 bits per heavy atom. The Hall–Kier alpha value is -1.46. The zero-order valence-corrected chi connectivity index (χ0v) is 12.5. The van der Waals surface area contributed by atoms with Crippen molar-refractivity contribution in [3.63, 3.8) is 0 Å². The number of carbonyl (C=O) groups is 1. The van der Waals surface area contributed by atoms with Gasteiger partial charge in [-0.2, -0.15) is 0 Å². The number of carbonyl (C=O) groups excluding carboxylic acids is 1. The van der Waals surface area contributed by atoms with E-state index in [0.29, 0.717) is 0 Å². The topological polar surface area (TPSA) is 107 Å². The fourth-order valence-electron chi connectivity index (χ4n) is 1.75. The first-order chi connectivity index (χ1) is 8.49. The van der Waals surface area contributed by atoms with Crippen LogP contribution in [0.15, 0.2) is 5.11 Å². The van der Waals surface area contributed by atoms with Gasteiger partial charge in [0.15, 0.2) is 0 Å². The number of azide groups is 1. The van der Waals surface area contributed by atoms with Crippen molar-refractivity contribution in [3.05, 3.63) is 10.4 Å². The van der Waals surface area contributed by atoms with Gasteiger partial charge in [0.05, 0.1) is 18.2 Å². The fraction of sp³-hybridized carbons (Fsp3) is 0.917. The number of alkyl carbamates (subject to hydrolysis) is 1. The third-order valence-corrected chi connectivity index (χ3v) is 2.46. The molecule has 0 radical (unpaired) electrons. The van der Waals surface area contributed by atoms with Crippen LogP contribution >= 0.6 is 0 Å². The Labute approximate surface area is 114 Å². The minimum atomic E-state index is -1.34. The molecule has 0 unspecified atom stereocenters. The number of aliphatic hydroxyl groups is 1. The molecule has 0 spiro atoms. The molecule has 2 N–H and O–H groups in total. The van der Waals surface area contributed by atoms with Crippen LogP contribution in [0.2, 0.25) is 0 Å². The molecular weight excluding hydrogens is 248 g/mol. The second-order valence-electron chi connectivity index (χ2n) is 6.11. The minimum Gasteiger partial charge on any atom is -0.444 e. The molecule has 7 heteroatoms. The van der Waals surface area contributed by atoms with E-state index in [1.807, 2.05) is 13.8 Å². The van der Waals surface area contributed by atoms with Crippen LogP contribution in [0.5, 0.6) is 0 Å². The first-order valence-electron chi connectivity index (χ1n) is 6.22. The van der Waals surface area contributed by atoms with Crippen LogP contribution in [-0.4, -0.2) is 35.0 Å². The molecule has 0 aliphatic rings. The molecule has 0 heterocycles. The zero-order valence-electron chi connectivity index (χ0n) is 12.5. The summed E-state index contributed by atoms with van der Waals surface area (Å²) in [6.45, 7) is 10.4. The molecule has 0 aromatic rings. The molecule has 0 fully saturated rings. The molecule has 0 aromatic heterocycles. The maximum absolute atomic E-state index is 11.7. The molecule has 0 saturated heterocycles. The van der Waals surface area contributed by atoms with Crippen molar-refractivity contribution >= 4 is 6.09 Å². The molecule has 0 rings (SSSR count). The normalized spacial score (nSPS) is 16.2. The van der Waals surface area contributed by atoms with E-state index >= 15 is 0 Å². The summed E-state index contributed by atoms with van der Waals surface area (Å²) in [7, 11) is 0. The Bertz CT molecular complexity index is 354. The van der Waals surface area contributed by atoms with Gasteiger partial charge in [0.25, 0.3) is 0 Å². The van der Waals surface area contributed by atoms with Crippen LogP contribution in [-0.2, 0) is 4.74 Å². The second-order valence-corrected chi connectivity index (χ2v) is 6.11. The van der Waals surface area contributed by atoms with Crippen LogP contribution in [0.25, 0.3) is 10.4 Å². The minimum absolute atomic E-state index is 0.0450. The average Bonchev–Trinajstić information content (AvgIpc) is 2.20. The van der Waals surface area contributed by atoms with E-state index in [9.17, 15) is 9.90 Å². The lowest BCUT2D eigenvalue weighted by Gasteiger charge is -2.35. The van der Waals surface area contributed by atoms with Crippen LogP contribution in [0.4, 0.5) is 4.79 Å². The van der Waals surface area contributed by atoms with Gasteiger partial charge in [-0.25, -0.2) is 4.79 Å². The molecule has 110 valence electrons. The number of hydrogen-bond donors (Lipinski definition) is 2. The van der Waals surface area contributed by atoms with Crippen molar-refractivity contribution < 1.29 is 14.6 Å². The summed E-state index contributed by atoms with van der Waals surface area (Å²) in [6, 6.07) is -0.576. The van der Waals surface area contributed by atoms with E-state index in [1.54, 1.807) is 20.8 Å². The van der Waals surface area contributed by atoms with Crippen molar-refractivity contribution in [3.8, 4) is 0 Å². The molecule has 7 nitrogen and oxygen atoms in total. The molecule has 0 bridgehead atoms. The predicted molar refractivity (Wildman–Crippen MR) is 72.6 cm³/mol. The smallest absolute Gasteiger partial charge is 0.407 e. The Balaban J connectivity index is 4.84. The third kappa shape index (κ3) is 6.88. The largest absolute Gasteiger partial charge is 0.444 e. The summed E-state index contributed by atoms with van der Waals surface area (Å²) in [4.78, 5) is 14.4. The lowest BCUT2D eigenvalue weighted by atomic mass is 9.88. The zero-order chi connectivity index (χ0) is 15.3. The molecule has 0 aliphatic heterocycles. The summed E-state index contributed by atoms with van der Waals surface area (Å²) < 4.78 is 5.15. The molecular formula is C12H24N4O3. The lowest BCUT2D eigenvalue weighted by molar-refractivity contribution is -0.00130. The van der Waals surface area contributed by atoms with Gasteiger partial charge in [0.2, 0.25) is 0 Å². The first kappa shape index (κ1) is 17.5. The van der Waals surface area contributed by atoms with Gasteiger partial charge >= 0.3 is 6.09 Å². The van der Waals surface area contributed by atoms with Gasteiger partial charge in [0.1, 0.15) is 5.60 Å². The van der Waals surface area contributed by atoms with Gasteiger partial charge in [-0.15, -0.1) is 0 Å². The summed E-state index contributed by atoms with van der Waals surface area (Å²) in [5.41, 5.74) is 6.38. The molecule has 2 atom stereocenters. The number of nitrogens with one attached hydrogen (secondary N) is 1. The van der Waals surface area contributed by atoms with Crippen LogP contribution in [0, 0.1) is 5.92 Å². The van der Waals surface area contributed by atoms with Crippen molar-refractivity contribution in [2.75, 3.05) is 6.54 Å². The van der Waals surface area contributed by atoms with E-state index in [4.69, 9.17) is 10.3 Å². The first-order valence-corrected chi connectivity index (χ1v) is 6.22. The van der Waals surface area contributed by atoms with Crippen molar-refractivity contribution in [1.29, 1.82) is 0 Å². The number of ether oxygens (including phenoxy) is 1. The van der Waals surface area contributed by atoms with Crippen LogP contribution < -0.4 is 5.32 Å². The monoisotopic (exact) mass is 272 g/mol. The standard InChI is InChI=1S/C12H24N4O3/c1-8(2)9(12(6,18)7-14-16-13)15-10(17)19-11(3,4)5/h8-9,18H,7H2,1-6H3,(H,15,17)/t9-,12-/m1/s1. The molecule has 1 amide bonds. The average molecular weight is 272 g/mol. The van der Waals surface area contributed by atoms with Gasteiger partial charge in [-0.3, -0.25) is 0 Å². The highest BCUT2D eigenvalue weighted by atomic mass is 16.6. The summed E-state index contributed by atoms with van der Waals surface area (Å²) in [6.07, 6.45) is -0.604. The lowest BCUT2D eigenvalue weighted by Crippen LogP contribution is -2.56. The second kappa shape index (κ2) is 6.63. The Morgan fingerprint density at radius 1 is 1.42 bits per heavy atom. The summed E-state index contributed by atoms with van der Waals surface area (Å²) >= 11 is 0. The molecule has 0 aromatic carbocycles. The highest BCUT2D eigenvalue weighted by molar-refractivity contribution is 5.68. The van der Waals surface area contributed by atoms with Gasteiger partial charge in [0, 0.05) is 4.91 Å². The highest BCUT2D eigenvalue weighted by Gasteiger charge is 2.35. The van der Waals surface area contributed by atoms with Gasteiger partial charge < -0.3 is 15.2 Å². The number of hydrogen-bond acceptors (Lipinski definition) is 4. The molecule has 19 heavy (non-hydrogen) atoms. The summed E-state index contributed by atoms with van der Waals surface area (Å²) in [5.74, 6) is -0.0450. The molecule has 0 saturated carbocycles. The Morgan fingerprint density at radius 2 is 1.95 bits per heavy atom. The quantitative estimate of drug-likeness (QED) is 0.456. The Kier molecular flexibility index (Phi) is 6.12. The SMILES string of the molecule is CC(C)[C@@H](NC(=O)OC(C)(C)C)[C@](C)(O)CN=[N+]=[N-]. The maximum atomic E-state index is 11.7. The van der Waals surface area contributed by atoms with E-state index < -0.39 is 23.3 Å². The predicted octanol–water partition coefficient (Wildman–Crippen LogP) is 2.60. The molecule has 0 aliphatic carbocycles. The third-order valence-electron chi connectivity index (χ3n) is 2.46.